The zero-order valence-electron chi connectivity index (χ0n) is 11.0. The minimum absolute atomic E-state index is 0.00590. The van der Waals surface area contributed by atoms with Crippen LogP contribution in [0.4, 0.5) is 14.5 Å². The number of carbonyl (C=O) groups is 1. The van der Waals surface area contributed by atoms with Gasteiger partial charge < -0.3 is 0 Å². The number of Topliss-reactive ketones (excluding diaryl/α,β-unsaturated/α-hetero) is 1. The molecule has 1 saturated carbocycles. The zero-order valence-corrected chi connectivity index (χ0v) is 11.0. The Hall–Kier alpha value is -1.86. The largest absolute Gasteiger partial charge is 0.316 e. The monoisotopic (exact) mass is 287 g/mol. The van der Waals surface area contributed by atoms with Crippen LogP contribution in [0.5, 0.6) is 0 Å². The van der Waals surface area contributed by atoms with Gasteiger partial charge in [-0.25, -0.2) is 8.78 Å². The minimum atomic E-state index is -2.97. The van der Waals surface area contributed by atoms with Gasteiger partial charge >= 0.3 is 5.69 Å². The smallest absolute Gasteiger partial charge is 0.300 e. The summed E-state index contributed by atoms with van der Waals surface area (Å²) in [6.07, 6.45) is 0.665. The third kappa shape index (κ3) is 2.83. The summed E-state index contributed by atoms with van der Waals surface area (Å²) in [6, 6.07) is -0.156. The number of aromatic nitrogens is 2. The molecule has 0 spiro atoms. The number of ketones is 1. The molecular weight excluding hydrogens is 272 g/mol. The first kappa shape index (κ1) is 14.5. The number of halogens is 2. The van der Waals surface area contributed by atoms with Crippen LogP contribution in [-0.2, 0) is 4.79 Å². The summed E-state index contributed by atoms with van der Waals surface area (Å²) in [5, 5.41) is 14.4. The maximum atomic E-state index is 12.7. The standard InChI is InChI=1S/C12H15F2N3O3/c1-7(18)8-2-4-9(5-3-8)16-6-10(17(19)20)11(15-16)12(13)14/h6,8-9,12H,2-5H2,1H3/t8-,9-. The summed E-state index contributed by atoms with van der Waals surface area (Å²) in [5.74, 6) is 0.134. The van der Waals surface area contributed by atoms with Crippen molar-refractivity contribution in [2.45, 2.75) is 45.1 Å². The lowest BCUT2D eigenvalue weighted by atomic mass is 9.84. The molecular formula is C12H15F2N3O3. The van der Waals surface area contributed by atoms with Gasteiger partial charge in [0.2, 0.25) is 5.69 Å². The number of rotatable bonds is 4. The third-order valence-corrected chi connectivity index (χ3v) is 3.79. The van der Waals surface area contributed by atoms with E-state index >= 15 is 0 Å². The first-order valence-corrected chi connectivity index (χ1v) is 6.42. The van der Waals surface area contributed by atoms with Gasteiger partial charge in [-0.1, -0.05) is 0 Å². The predicted molar refractivity (Wildman–Crippen MR) is 65.5 cm³/mol. The van der Waals surface area contributed by atoms with Crippen molar-refractivity contribution >= 4 is 11.5 Å². The molecule has 110 valence electrons. The van der Waals surface area contributed by atoms with Gasteiger partial charge in [0.1, 0.15) is 12.0 Å². The maximum absolute atomic E-state index is 12.7. The number of hydrogen-bond acceptors (Lipinski definition) is 4. The van der Waals surface area contributed by atoms with Crippen LogP contribution < -0.4 is 0 Å². The lowest BCUT2D eigenvalue weighted by molar-refractivity contribution is -0.386. The van der Waals surface area contributed by atoms with E-state index in [0.29, 0.717) is 25.7 Å². The summed E-state index contributed by atoms with van der Waals surface area (Å²) in [6.45, 7) is 1.54. The number of carbonyl (C=O) groups excluding carboxylic acids is 1. The Morgan fingerprint density at radius 1 is 1.45 bits per heavy atom. The van der Waals surface area contributed by atoms with E-state index in [9.17, 15) is 23.7 Å². The van der Waals surface area contributed by atoms with Crippen LogP contribution in [0.25, 0.3) is 0 Å². The van der Waals surface area contributed by atoms with Crippen molar-refractivity contribution in [2.75, 3.05) is 0 Å². The molecule has 1 aliphatic carbocycles. The van der Waals surface area contributed by atoms with Gasteiger partial charge in [0, 0.05) is 5.92 Å². The van der Waals surface area contributed by atoms with Crippen LogP contribution in [0.3, 0.4) is 0 Å². The first-order valence-electron chi connectivity index (χ1n) is 6.42. The van der Waals surface area contributed by atoms with E-state index in [1.54, 1.807) is 6.92 Å². The molecule has 0 radical (unpaired) electrons. The highest BCUT2D eigenvalue weighted by Crippen LogP contribution is 2.35. The normalized spacial score (nSPS) is 23.0. The Kier molecular flexibility index (Phi) is 4.10. The van der Waals surface area contributed by atoms with Crippen molar-refractivity contribution in [3.05, 3.63) is 22.0 Å². The highest BCUT2D eigenvalue weighted by molar-refractivity contribution is 5.78. The summed E-state index contributed by atoms with van der Waals surface area (Å²) in [4.78, 5) is 21.2. The highest BCUT2D eigenvalue weighted by Gasteiger charge is 2.31. The van der Waals surface area contributed by atoms with Crippen LogP contribution in [-0.4, -0.2) is 20.5 Å². The second-order valence-electron chi connectivity index (χ2n) is 5.05. The molecule has 0 bridgehead atoms. The first-order chi connectivity index (χ1) is 9.40. The van der Waals surface area contributed by atoms with Crippen molar-refractivity contribution < 1.29 is 18.5 Å². The summed E-state index contributed by atoms with van der Waals surface area (Å²) in [5.41, 5.74) is -1.43. The lowest BCUT2D eigenvalue weighted by Crippen LogP contribution is -2.22. The number of hydrogen-bond donors (Lipinski definition) is 0. The molecule has 1 fully saturated rings. The van der Waals surface area contributed by atoms with E-state index in [4.69, 9.17) is 0 Å². The van der Waals surface area contributed by atoms with Gasteiger partial charge in [-0.2, -0.15) is 5.10 Å². The van der Waals surface area contributed by atoms with Crippen molar-refractivity contribution in [2.24, 2.45) is 5.92 Å². The van der Waals surface area contributed by atoms with E-state index in [-0.39, 0.29) is 17.7 Å². The van der Waals surface area contributed by atoms with E-state index in [1.807, 2.05) is 0 Å². The molecule has 20 heavy (non-hydrogen) atoms. The van der Waals surface area contributed by atoms with Gasteiger partial charge in [-0.3, -0.25) is 19.6 Å². The SMILES string of the molecule is CC(=O)[C@H]1CC[C@H](n2cc([N+](=O)[O-])c(C(F)F)n2)CC1. The van der Waals surface area contributed by atoms with Crippen molar-refractivity contribution in [1.29, 1.82) is 0 Å². The molecule has 0 unspecified atom stereocenters. The van der Waals surface area contributed by atoms with Gasteiger partial charge in [0.05, 0.1) is 11.0 Å². The Morgan fingerprint density at radius 3 is 2.45 bits per heavy atom. The molecule has 1 aromatic rings. The molecule has 0 aromatic carbocycles. The van der Waals surface area contributed by atoms with Crippen molar-refractivity contribution in [3.63, 3.8) is 0 Å². The Bertz CT molecular complexity index is 522. The maximum Gasteiger partial charge on any atom is 0.316 e. The van der Waals surface area contributed by atoms with Crippen molar-refractivity contribution in [1.82, 2.24) is 9.78 Å². The zero-order chi connectivity index (χ0) is 14.9. The summed E-state index contributed by atoms with van der Waals surface area (Å²) in [7, 11) is 0. The molecule has 1 aliphatic rings. The predicted octanol–water partition coefficient (Wildman–Crippen LogP) is 3.05. The molecule has 8 heteroatoms. The van der Waals surface area contributed by atoms with Gasteiger partial charge in [0.15, 0.2) is 0 Å². The summed E-state index contributed by atoms with van der Waals surface area (Å²) < 4.78 is 26.7. The molecule has 0 saturated heterocycles. The number of nitro groups is 1. The van der Waals surface area contributed by atoms with E-state index in [1.165, 1.54) is 4.68 Å². The van der Waals surface area contributed by atoms with Crippen LogP contribution in [0, 0.1) is 16.0 Å². The molecule has 0 N–H and O–H groups in total. The van der Waals surface area contributed by atoms with Crippen LogP contribution in [0.15, 0.2) is 6.20 Å². The average molecular weight is 287 g/mol. The molecule has 2 rings (SSSR count). The van der Waals surface area contributed by atoms with Crippen LogP contribution in [0.2, 0.25) is 0 Å². The number of alkyl halides is 2. The Labute approximate surface area is 113 Å². The average Bonchev–Trinajstić information content (AvgIpc) is 2.84. The van der Waals surface area contributed by atoms with Gasteiger partial charge in [-0.15, -0.1) is 0 Å². The molecule has 6 nitrogen and oxygen atoms in total. The summed E-state index contributed by atoms with van der Waals surface area (Å²) >= 11 is 0. The van der Waals surface area contributed by atoms with Crippen molar-refractivity contribution in [3.8, 4) is 0 Å². The fraction of sp³-hybridized carbons (Fsp3) is 0.667. The van der Waals surface area contributed by atoms with E-state index in [2.05, 4.69) is 5.10 Å². The Morgan fingerprint density at radius 2 is 2.05 bits per heavy atom. The second-order valence-corrected chi connectivity index (χ2v) is 5.05. The lowest BCUT2D eigenvalue weighted by Gasteiger charge is -2.26. The van der Waals surface area contributed by atoms with Gasteiger partial charge in [0.25, 0.3) is 6.43 Å². The molecule has 0 aliphatic heterocycles. The fourth-order valence-electron chi connectivity index (χ4n) is 2.63. The quantitative estimate of drug-likeness (QED) is 0.629. The molecule has 0 atom stereocenters. The Balaban J connectivity index is 2.16. The van der Waals surface area contributed by atoms with E-state index in [0.717, 1.165) is 6.20 Å². The minimum Gasteiger partial charge on any atom is -0.300 e. The fourth-order valence-corrected chi connectivity index (χ4v) is 2.63. The second kappa shape index (κ2) is 5.64. The van der Waals surface area contributed by atoms with E-state index < -0.39 is 22.7 Å². The van der Waals surface area contributed by atoms with Crippen LogP contribution in [0.1, 0.15) is 50.8 Å². The third-order valence-electron chi connectivity index (χ3n) is 3.79. The highest BCUT2D eigenvalue weighted by atomic mass is 19.3. The topological polar surface area (TPSA) is 78.0 Å². The molecule has 0 amide bonds. The van der Waals surface area contributed by atoms with Gasteiger partial charge in [-0.05, 0) is 32.6 Å². The number of nitrogens with zero attached hydrogens (tertiary/aromatic N) is 3. The van der Waals surface area contributed by atoms with Crippen LogP contribution >= 0.6 is 0 Å². The molecule has 1 aromatic heterocycles. The molecule has 1 heterocycles.